The van der Waals surface area contributed by atoms with Crippen molar-refractivity contribution >= 4 is 12.2 Å². The molecule has 0 unspecified atom stereocenters. The minimum Gasteiger partial charge on any atom is -0.264 e. The Hall–Kier alpha value is -4.37. The molecule has 0 saturated heterocycles. The monoisotopic (exact) mass is 439 g/mol. The second-order valence-electron chi connectivity index (χ2n) is 8.30. The molecule has 0 saturated carbocycles. The molecule has 164 valence electrons. The lowest BCUT2D eigenvalue weighted by molar-refractivity contribution is 1.04. The highest BCUT2D eigenvalue weighted by molar-refractivity contribution is 5.81. The highest BCUT2D eigenvalue weighted by Crippen LogP contribution is 2.29. The maximum Gasteiger partial charge on any atom is 0.0790 e. The summed E-state index contributed by atoms with van der Waals surface area (Å²) in [6.45, 7) is 2.12. The van der Waals surface area contributed by atoms with Gasteiger partial charge in [0.15, 0.2) is 0 Å². The first-order chi connectivity index (χ1) is 16.8. The third-order valence-corrected chi connectivity index (χ3v) is 5.84. The molecule has 34 heavy (non-hydrogen) atoms. The van der Waals surface area contributed by atoms with E-state index < -0.39 is 0 Å². The molecule has 3 nitrogen and oxygen atoms in total. The van der Waals surface area contributed by atoms with Crippen LogP contribution < -0.4 is 0 Å². The van der Waals surface area contributed by atoms with Crippen LogP contribution >= 0.6 is 0 Å². The molecule has 0 amide bonds. The molecule has 2 aromatic carbocycles. The lowest BCUT2D eigenvalue weighted by atomic mass is 9.99. The van der Waals surface area contributed by atoms with Crippen LogP contribution in [0.1, 0.15) is 27.9 Å². The Bertz CT molecular complexity index is 1410. The highest BCUT2D eigenvalue weighted by atomic mass is 14.7. The summed E-state index contributed by atoms with van der Waals surface area (Å²) in [5.74, 6) is 0. The van der Waals surface area contributed by atoms with E-state index in [-0.39, 0.29) is 0 Å². The van der Waals surface area contributed by atoms with Crippen molar-refractivity contribution in [3.63, 3.8) is 0 Å². The van der Waals surface area contributed by atoms with Gasteiger partial charge in [0.1, 0.15) is 0 Å². The minimum atomic E-state index is 0.821. The normalized spacial score (nSPS) is 11.1. The van der Waals surface area contributed by atoms with Crippen LogP contribution in [0.2, 0.25) is 0 Å². The summed E-state index contributed by atoms with van der Waals surface area (Å²) in [6.07, 6.45) is 12.6. The lowest BCUT2D eigenvalue weighted by Crippen LogP contribution is -1.98. The number of rotatable bonds is 6. The Morgan fingerprint density at radius 2 is 1.44 bits per heavy atom. The third-order valence-electron chi connectivity index (χ3n) is 5.84. The Morgan fingerprint density at radius 3 is 2.18 bits per heavy atom. The van der Waals surface area contributed by atoms with Crippen LogP contribution in [0.5, 0.6) is 0 Å². The fraction of sp³-hybridized carbons (Fsp3) is 0.0645. The first-order valence-electron chi connectivity index (χ1n) is 11.4. The van der Waals surface area contributed by atoms with E-state index in [1.807, 2.05) is 48.9 Å². The van der Waals surface area contributed by atoms with Crippen molar-refractivity contribution in [3.05, 3.63) is 138 Å². The van der Waals surface area contributed by atoms with Crippen molar-refractivity contribution in [3.8, 4) is 22.4 Å². The van der Waals surface area contributed by atoms with Crippen LogP contribution in [0.25, 0.3) is 34.5 Å². The van der Waals surface area contributed by atoms with E-state index in [0.717, 1.165) is 51.2 Å². The van der Waals surface area contributed by atoms with Gasteiger partial charge >= 0.3 is 0 Å². The lowest BCUT2D eigenvalue weighted by Gasteiger charge is -2.11. The highest BCUT2D eigenvalue weighted by Gasteiger charge is 2.11. The van der Waals surface area contributed by atoms with Gasteiger partial charge in [-0.15, -0.1) is 0 Å². The third kappa shape index (κ3) is 5.00. The van der Waals surface area contributed by atoms with E-state index in [9.17, 15) is 0 Å². The van der Waals surface area contributed by atoms with E-state index >= 15 is 0 Å². The van der Waals surface area contributed by atoms with E-state index in [2.05, 4.69) is 78.7 Å². The number of hydrogen-bond acceptors (Lipinski definition) is 3. The average molecular weight is 440 g/mol. The van der Waals surface area contributed by atoms with Gasteiger partial charge in [-0.2, -0.15) is 0 Å². The van der Waals surface area contributed by atoms with Crippen molar-refractivity contribution in [2.75, 3.05) is 0 Å². The predicted molar refractivity (Wildman–Crippen MR) is 140 cm³/mol. The minimum absolute atomic E-state index is 0.821. The smallest absolute Gasteiger partial charge is 0.0790 e. The number of aryl methyl sites for hydroxylation is 1. The van der Waals surface area contributed by atoms with Crippen molar-refractivity contribution < 1.29 is 0 Å². The Kier molecular flexibility index (Phi) is 6.35. The number of benzene rings is 2. The summed E-state index contributed by atoms with van der Waals surface area (Å²) in [4.78, 5) is 14.0. The number of aromatic nitrogens is 3. The first kappa shape index (κ1) is 21.5. The zero-order chi connectivity index (χ0) is 23.2. The summed E-state index contributed by atoms with van der Waals surface area (Å²) in [5, 5.41) is 0. The van der Waals surface area contributed by atoms with E-state index in [0.29, 0.717) is 0 Å². The molecule has 3 heterocycles. The molecular weight excluding hydrogens is 414 g/mol. The van der Waals surface area contributed by atoms with Gasteiger partial charge in [0.05, 0.1) is 5.69 Å². The van der Waals surface area contributed by atoms with Gasteiger partial charge in [0, 0.05) is 59.2 Å². The Morgan fingerprint density at radius 1 is 0.676 bits per heavy atom. The molecule has 0 fully saturated rings. The molecule has 5 aromatic rings. The summed E-state index contributed by atoms with van der Waals surface area (Å²) in [6, 6.07) is 29.1. The van der Waals surface area contributed by atoms with Crippen LogP contribution in [0.3, 0.4) is 0 Å². The maximum atomic E-state index is 4.87. The summed E-state index contributed by atoms with van der Waals surface area (Å²) in [5.41, 5.74) is 9.71. The Balaban J connectivity index is 1.53. The van der Waals surface area contributed by atoms with Crippen LogP contribution in [0.15, 0.2) is 110 Å². The van der Waals surface area contributed by atoms with Crippen LogP contribution in [-0.2, 0) is 6.42 Å². The SMILES string of the molecule is Cc1cc(-c2ncc(-c3cccnc3)cc2/C=C/c2ccccc2)cnc1Cc1ccccc1. The van der Waals surface area contributed by atoms with Gasteiger partial charge in [-0.05, 0) is 41.8 Å². The molecule has 0 atom stereocenters. The van der Waals surface area contributed by atoms with Crippen LogP contribution in [-0.4, -0.2) is 15.0 Å². The number of hydrogen-bond donors (Lipinski definition) is 0. The van der Waals surface area contributed by atoms with E-state index in [4.69, 9.17) is 9.97 Å². The zero-order valence-corrected chi connectivity index (χ0v) is 19.1. The molecule has 3 aromatic heterocycles. The molecule has 0 spiro atoms. The van der Waals surface area contributed by atoms with Crippen molar-refractivity contribution in [1.29, 1.82) is 0 Å². The maximum absolute atomic E-state index is 4.87. The van der Waals surface area contributed by atoms with E-state index in [1.165, 1.54) is 5.56 Å². The number of pyridine rings is 3. The van der Waals surface area contributed by atoms with Gasteiger partial charge < -0.3 is 0 Å². The van der Waals surface area contributed by atoms with Crippen molar-refractivity contribution in [1.82, 2.24) is 15.0 Å². The molecule has 0 radical (unpaired) electrons. The van der Waals surface area contributed by atoms with Crippen LogP contribution in [0.4, 0.5) is 0 Å². The van der Waals surface area contributed by atoms with Gasteiger partial charge in [-0.1, -0.05) is 78.9 Å². The molecular formula is C31H25N3. The van der Waals surface area contributed by atoms with Crippen molar-refractivity contribution in [2.45, 2.75) is 13.3 Å². The Labute approximate surface area is 200 Å². The van der Waals surface area contributed by atoms with Gasteiger partial charge in [-0.25, -0.2) is 0 Å². The quantitative estimate of drug-likeness (QED) is 0.279. The molecule has 5 rings (SSSR count). The topological polar surface area (TPSA) is 38.7 Å². The molecule has 0 N–H and O–H groups in total. The average Bonchev–Trinajstić information content (AvgIpc) is 2.90. The fourth-order valence-electron chi connectivity index (χ4n) is 4.00. The summed E-state index contributed by atoms with van der Waals surface area (Å²) < 4.78 is 0. The number of nitrogens with zero attached hydrogens (tertiary/aromatic N) is 3. The molecule has 0 aliphatic heterocycles. The van der Waals surface area contributed by atoms with Crippen molar-refractivity contribution in [2.24, 2.45) is 0 Å². The van der Waals surface area contributed by atoms with E-state index in [1.54, 1.807) is 6.20 Å². The zero-order valence-electron chi connectivity index (χ0n) is 19.1. The van der Waals surface area contributed by atoms with Crippen LogP contribution in [0, 0.1) is 6.92 Å². The summed E-state index contributed by atoms with van der Waals surface area (Å²) in [7, 11) is 0. The molecule has 0 bridgehead atoms. The van der Waals surface area contributed by atoms with Gasteiger partial charge in [0.25, 0.3) is 0 Å². The molecule has 0 aliphatic carbocycles. The molecule has 3 heteroatoms. The van der Waals surface area contributed by atoms with Gasteiger partial charge in [0.2, 0.25) is 0 Å². The standard InChI is InChI=1S/C31H25N3/c1-23-17-29(22-33-30(23)18-25-11-6-3-7-12-25)31-26(15-14-24-9-4-2-5-10-24)19-28(21-34-31)27-13-8-16-32-20-27/h2-17,19-22H,18H2,1H3/b15-14+. The summed E-state index contributed by atoms with van der Waals surface area (Å²) >= 11 is 0. The second kappa shape index (κ2) is 10.1. The largest absolute Gasteiger partial charge is 0.264 e. The first-order valence-corrected chi connectivity index (χ1v) is 11.4. The van der Waals surface area contributed by atoms with Gasteiger partial charge in [-0.3, -0.25) is 15.0 Å². The fourth-order valence-corrected chi connectivity index (χ4v) is 4.00. The molecule has 0 aliphatic rings. The predicted octanol–water partition coefficient (Wildman–Crippen LogP) is 7.28. The second-order valence-corrected chi connectivity index (χ2v) is 8.30.